The first-order chi connectivity index (χ1) is 10.1. The zero-order valence-electron chi connectivity index (χ0n) is 11.0. The summed E-state index contributed by atoms with van der Waals surface area (Å²) in [5.41, 5.74) is 6.96. The monoisotopic (exact) mass is 389 g/mol. The molecular weight excluding hydrogens is 377 g/mol. The smallest absolute Gasteiger partial charge is 0.274 e. The van der Waals surface area contributed by atoms with E-state index in [-0.39, 0.29) is 5.91 Å². The highest BCUT2D eigenvalue weighted by atomic mass is 127. The lowest BCUT2D eigenvalue weighted by Crippen LogP contribution is -2.14. The predicted octanol–water partition coefficient (Wildman–Crippen LogP) is 3.67. The fourth-order valence-electron chi connectivity index (χ4n) is 2.07. The Labute approximate surface area is 135 Å². The number of halogens is 1. The maximum Gasteiger partial charge on any atom is 0.274 e. The first-order valence-electron chi connectivity index (χ1n) is 6.36. The Morgan fingerprint density at radius 1 is 1.10 bits per heavy atom. The van der Waals surface area contributed by atoms with Crippen molar-refractivity contribution in [1.82, 2.24) is 4.98 Å². The van der Waals surface area contributed by atoms with Crippen molar-refractivity contribution in [1.29, 1.82) is 0 Å². The number of carbonyl (C=O) groups is 1. The van der Waals surface area contributed by atoms with Crippen molar-refractivity contribution in [3.05, 3.63) is 63.9 Å². The van der Waals surface area contributed by atoms with Crippen LogP contribution in [0.1, 0.15) is 10.5 Å². The van der Waals surface area contributed by atoms with E-state index in [1.54, 1.807) is 6.07 Å². The Bertz CT molecular complexity index is 815. The maximum atomic E-state index is 12.3. The molecule has 0 saturated heterocycles. The predicted molar refractivity (Wildman–Crippen MR) is 93.3 cm³/mol. The summed E-state index contributed by atoms with van der Waals surface area (Å²) in [4.78, 5) is 16.4. The van der Waals surface area contributed by atoms with Crippen LogP contribution in [0.25, 0.3) is 10.8 Å². The van der Waals surface area contributed by atoms with E-state index < -0.39 is 0 Å². The Balaban J connectivity index is 1.92. The number of amides is 1. The first-order valence-corrected chi connectivity index (χ1v) is 7.43. The molecule has 5 heteroatoms. The van der Waals surface area contributed by atoms with Crippen LogP contribution in [0.15, 0.2) is 54.6 Å². The van der Waals surface area contributed by atoms with Crippen LogP contribution in [0.5, 0.6) is 0 Å². The number of nitrogens with two attached hydrogens (primary N) is 1. The topological polar surface area (TPSA) is 68.0 Å². The number of carbonyl (C=O) groups excluding carboxylic acids is 1. The number of nitrogen functional groups attached to an aromatic ring is 1. The molecule has 0 atom stereocenters. The van der Waals surface area contributed by atoms with E-state index in [2.05, 4.69) is 32.9 Å². The van der Waals surface area contributed by atoms with Gasteiger partial charge in [0.2, 0.25) is 0 Å². The number of benzene rings is 2. The van der Waals surface area contributed by atoms with Crippen LogP contribution < -0.4 is 11.1 Å². The zero-order valence-corrected chi connectivity index (χ0v) is 13.2. The minimum absolute atomic E-state index is 0.270. The Hall–Kier alpha value is -2.15. The molecule has 4 nitrogen and oxygen atoms in total. The van der Waals surface area contributed by atoms with Crippen molar-refractivity contribution in [2.45, 2.75) is 0 Å². The van der Waals surface area contributed by atoms with Crippen LogP contribution in [0.2, 0.25) is 0 Å². The number of hydrogen-bond donors (Lipinski definition) is 2. The Morgan fingerprint density at radius 3 is 2.57 bits per heavy atom. The lowest BCUT2D eigenvalue weighted by molar-refractivity contribution is 0.102. The van der Waals surface area contributed by atoms with E-state index in [0.29, 0.717) is 11.5 Å². The molecule has 0 unspecified atom stereocenters. The highest BCUT2D eigenvalue weighted by molar-refractivity contribution is 14.1. The van der Waals surface area contributed by atoms with Crippen molar-refractivity contribution in [3.8, 4) is 0 Å². The zero-order chi connectivity index (χ0) is 14.8. The molecule has 3 rings (SSSR count). The number of rotatable bonds is 2. The molecule has 21 heavy (non-hydrogen) atoms. The summed E-state index contributed by atoms with van der Waals surface area (Å²) in [7, 11) is 0. The van der Waals surface area contributed by atoms with Crippen LogP contribution in [-0.4, -0.2) is 10.9 Å². The first kappa shape index (κ1) is 13.8. The summed E-state index contributed by atoms with van der Waals surface area (Å²) in [6.07, 6.45) is 0. The average Bonchev–Trinajstić information content (AvgIpc) is 2.49. The van der Waals surface area contributed by atoms with Crippen LogP contribution in [0, 0.1) is 3.57 Å². The average molecular weight is 389 g/mol. The summed E-state index contributed by atoms with van der Waals surface area (Å²) in [6.45, 7) is 0. The lowest BCUT2D eigenvalue weighted by Gasteiger charge is -2.07. The summed E-state index contributed by atoms with van der Waals surface area (Å²) in [5, 5.41) is 4.57. The molecule has 0 fully saturated rings. The van der Waals surface area contributed by atoms with Gasteiger partial charge in [-0.1, -0.05) is 24.3 Å². The van der Waals surface area contributed by atoms with Crippen molar-refractivity contribution >= 4 is 50.8 Å². The van der Waals surface area contributed by atoms with E-state index in [0.717, 1.165) is 20.0 Å². The van der Waals surface area contributed by atoms with E-state index in [1.165, 1.54) is 0 Å². The summed E-state index contributed by atoms with van der Waals surface area (Å²) in [6, 6.07) is 16.9. The third-order valence-electron chi connectivity index (χ3n) is 3.10. The second-order valence-electron chi connectivity index (χ2n) is 4.57. The second-order valence-corrected chi connectivity index (χ2v) is 5.82. The molecule has 1 aromatic heterocycles. The fraction of sp³-hybridized carbons (Fsp3) is 0. The molecule has 0 aliphatic rings. The van der Waals surface area contributed by atoms with Crippen molar-refractivity contribution in [2.75, 3.05) is 11.1 Å². The van der Waals surface area contributed by atoms with Crippen LogP contribution in [0.3, 0.4) is 0 Å². The van der Waals surface area contributed by atoms with E-state index in [4.69, 9.17) is 5.73 Å². The lowest BCUT2D eigenvalue weighted by atomic mass is 10.1. The molecule has 0 aliphatic heterocycles. The van der Waals surface area contributed by atoms with Gasteiger partial charge in [-0.15, -0.1) is 0 Å². The Morgan fingerprint density at radius 2 is 1.81 bits per heavy atom. The molecule has 2 aromatic carbocycles. The van der Waals surface area contributed by atoms with Gasteiger partial charge in [0.05, 0.1) is 0 Å². The summed E-state index contributed by atoms with van der Waals surface area (Å²) >= 11 is 2.21. The van der Waals surface area contributed by atoms with Crippen molar-refractivity contribution in [3.63, 3.8) is 0 Å². The molecule has 3 aromatic rings. The van der Waals surface area contributed by atoms with Crippen molar-refractivity contribution in [2.24, 2.45) is 0 Å². The van der Waals surface area contributed by atoms with Gasteiger partial charge in [-0.3, -0.25) is 4.79 Å². The van der Waals surface area contributed by atoms with E-state index in [1.807, 2.05) is 48.5 Å². The maximum absolute atomic E-state index is 12.3. The summed E-state index contributed by atoms with van der Waals surface area (Å²) in [5.74, 6) is 0.0921. The molecule has 0 saturated carbocycles. The third-order valence-corrected chi connectivity index (χ3v) is 3.82. The number of nitrogens with zero attached hydrogens (tertiary/aromatic N) is 1. The van der Waals surface area contributed by atoms with E-state index in [9.17, 15) is 4.79 Å². The van der Waals surface area contributed by atoms with Gasteiger partial charge < -0.3 is 11.1 Å². The minimum Gasteiger partial charge on any atom is -0.383 e. The molecule has 104 valence electrons. The van der Waals surface area contributed by atoms with Gasteiger partial charge in [0.15, 0.2) is 0 Å². The number of fused-ring (bicyclic) bond motifs is 1. The number of hydrogen-bond acceptors (Lipinski definition) is 3. The highest BCUT2D eigenvalue weighted by Crippen LogP contribution is 2.20. The fourth-order valence-corrected chi connectivity index (χ4v) is 2.43. The molecule has 1 amide bonds. The quantitative estimate of drug-likeness (QED) is 0.658. The van der Waals surface area contributed by atoms with Gasteiger partial charge >= 0.3 is 0 Å². The number of pyridine rings is 1. The van der Waals surface area contributed by atoms with Gasteiger partial charge in [-0.05, 0) is 58.3 Å². The van der Waals surface area contributed by atoms with Gasteiger partial charge in [-0.2, -0.15) is 0 Å². The van der Waals surface area contributed by atoms with E-state index >= 15 is 0 Å². The molecule has 0 spiro atoms. The van der Waals surface area contributed by atoms with Gasteiger partial charge in [-0.25, -0.2) is 4.98 Å². The Kier molecular flexibility index (Phi) is 3.74. The second kappa shape index (κ2) is 5.69. The number of nitrogens with one attached hydrogen (secondary N) is 1. The minimum atomic E-state index is -0.270. The van der Waals surface area contributed by atoms with Crippen LogP contribution >= 0.6 is 22.6 Å². The number of aromatic nitrogens is 1. The molecule has 0 aliphatic carbocycles. The largest absolute Gasteiger partial charge is 0.383 e. The normalized spacial score (nSPS) is 10.5. The molecule has 1 heterocycles. The molecular formula is C16H12IN3O. The van der Waals surface area contributed by atoms with Gasteiger partial charge in [0, 0.05) is 14.6 Å². The van der Waals surface area contributed by atoms with Crippen molar-refractivity contribution < 1.29 is 4.79 Å². The van der Waals surface area contributed by atoms with Crippen LogP contribution in [0.4, 0.5) is 11.5 Å². The molecule has 0 radical (unpaired) electrons. The van der Waals surface area contributed by atoms with Gasteiger partial charge in [0.25, 0.3) is 5.91 Å². The highest BCUT2D eigenvalue weighted by Gasteiger charge is 2.11. The number of anilines is 2. The standard InChI is InChI=1S/C16H12IN3O/c17-11-5-7-12(8-6-11)19-16(21)14-9-10-3-1-2-4-13(10)15(18)20-14/h1-9H,(H2,18,20)(H,19,21). The third kappa shape index (κ3) is 2.97. The molecule has 0 bridgehead atoms. The van der Waals surface area contributed by atoms with Gasteiger partial charge in [0.1, 0.15) is 11.5 Å². The molecule has 3 N–H and O–H groups in total. The summed E-state index contributed by atoms with van der Waals surface area (Å²) < 4.78 is 1.11. The SMILES string of the molecule is Nc1nc(C(=O)Nc2ccc(I)cc2)cc2ccccc12. The van der Waals surface area contributed by atoms with Crippen LogP contribution in [-0.2, 0) is 0 Å².